The van der Waals surface area contributed by atoms with Gasteiger partial charge in [-0.2, -0.15) is 0 Å². The average molecular weight is 419 g/mol. The highest BCUT2D eigenvalue weighted by molar-refractivity contribution is 9.10. The number of carbonyl (C=O) groups excluding carboxylic acids is 1. The lowest BCUT2D eigenvalue weighted by molar-refractivity contribution is 0.100. The van der Waals surface area contributed by atoms with Crippen LogP contribution in [-0.2, 0) is 0 Å². The van der Waals surface area contributed by atoms with Crippen LogP contribution in [0.3, 0.4) is 0 Å². The third-order valence-electron chi connectivity index (χ3n) is 3.97. The van der Waals surface area contributed by atoms with Gasteiger partial charge in [0.1, 0.15) is 12.4 Å². The smallest absolute Gasteiger partial charge is 0.203 e. The van der Waals surface area contributed by atoms with Gasteiger partial charge in [0.05, 0.1) is 26.4 Å². The highest BCUT2D eigenvalue weighted by Crippen LogP contribution is 2.39. The molecule has 3 rings (SSSR count). The van der Waals surface area contributed by atoms with E-state index in [1.807, 2.05) is 25.1 Å². The second kappa shape index (κ2) is 7.83. The van der Waals surface area contributed by atoms with E-state index in [0.29, 0.717) is 40.7 Å². The Morgan fingerprint density at radius 1 is 1.15 bits per heavy atom. The largest absolute Gasteiger partial charge is 0.493 e. The van der Waals surface area contributed by atoms with E-state index in [1.54, 1.807) is 32.4 Å². The molecule has 136 valence electrons. The van der Waals surface area contributed by atoms with Crippen LogP contribution in [-0.4, -0.2) is 33.2 Å². The quantitative estimate of drug-likeness (QED) is 0.667. The Balaban J connectivity index is 2.01. The first-order valence-electron chi connectivity index (χ1n) is 8.13. The standard InChI is InChI=1S/C20H19BrO5/c1-4-25-20-17(23-2)8-12(9-18(20)24-3)7-13-11-26-16-6-5-14(21)10-15(16)19(13)22/h5-10H,4,11H2,1-3H3/b13-7-. The third kappa shape index (κ3) is 3.55. The molecule has 1 aliphatic heterocycles. The maximum absolute atomic E-state index is 12.8. The fourth-order valence-electron chi connectivity index (χ4n) is 2.78. The van der Waals surface area contributed by atoms with E-state index in [1.165, 1.54) is 0 Å². The van der Waals surface area contributed by atoms with Crippen LogP contribution >= 0.6 is 15.9 Å². The van der Waals surface area contributed by atoms with Gasteiger partial charge in [-0.05, 0) is 48.9 Å². The lowest BCUT2D eigenvalue weighted by Crippen LogP contribution is -2.19. The summed E-state index contributed by atoms with van der Waals surface area (Å²) in [5.41, 5.74) is 1.87. The number of fused-ring (bicyclic) bond motifs is 1. The molecular formula is C20H19BrO5. The number of halogens is 1. The molecule has 0 fully saturated rings. The Bertz CT molecular complexity index is 847. The van der Waals surface area contributed by atoms with Crippen LogP contribution in [0.1, 0.15) is 22.8 Å². The zero-order valence-corrected chi connectivity index (χ0v) is 16.4. The van der Waals surface area contributed by atoms with E-state index >= 15 is 0 Å². The summed E-state index contributed by atoms with van der Waals surface area (Å²) in [6, 6.07) is 9.03. The van der Waals surface area contributed by atoms with E-state index in [9.17, 15) is 4.79 Å². The molecule has 0 bridgehead atoms. The van der Waals surface area contributed by atoms with Gasteiger partial charge in [-0.15, -0.1) is 0 Å². The van der Waals surface area contributed by atoms with Gasteiger partial charge < -0.3 is 18.9 Å². The Morgan fingerprint density at radius 3 is 2.46 bits per heavy atom. The van der Waals surface area contributed by atoms with Crippen LogP contribution in [0.4, 0.5) is 0 Å². The van der Waals surface area contributed by atoms with Gasteiger partial charge in [0.2, 0.25) is 5.75 Å². The molecule has 0 spiro atoms. The summed E-state index contributed by atoms with van der Waals surface area (Å²) in [7, 11) is 3.13. The van der Waals surface area contributed by atoms with Gasteiger partial charge in [0.25, 0.3) is 0 Å². The molecule has 0 saturated carbocycles. The summed E-state index contributed by atoms with van der Waals surface area (Å²) >= 11 is 3.39. The number of methoxy groups -OCH3 is 2. The van der Waals surface area contributed by atoms with Crippen molar-refractivity contribution in [2.45, 2.75) is 6.92 Å². The number of hydrogen-bond donors (Lipinski definition) is 0. The normalized spacial score (nSPS) is 14.6. The predicted molar refractivity (Wildman–Crippen MR) is 103 cm³/mol. The van der Waals surface area contributed by atoms with Crippen LogP contribution in [0.5, 0.6) is 23.0 Å². The number of hydrogen-bond acceptors (Lipinski definition) is 5. The minimum Gasteiger partial charge on any atom is -0.493 e. The Kier molecular flexibility index (Phi) is 5.52. The molecule has 0 amide bonds. The molecule has 2 aromatic carbocycles. The highest BCUT2D eigenvalue weighted by atomic mass is 79.9. The van der Waals surface area contributed by atoms with Crippen LogP contribution in [0, 0.1) is 0 Å². The Morgan fingerprint density at radius 2 is 1.85 bits per heavy atom. The van der Waals surface area contributed by atoms with Crippen molar-refractivity contribution in [2.75, 3.05) is 27.4 Å². The van der Waals surface area contributed by atoms with Crippen molar-refractivity contribution < 1.29 is 23.7 Å². The van der Waals surface area contributed by atoms with E-state index < -0.39 is 0 Å². The molecule has 0 radical (unpaired) electrons. The summed E-state index contributed by atoms with van der Waals surface area (Å²) in [5, 5.41) is 0. The lowest BCUT2D eigenvalue weighted by atomic mass is 9.98. The first-order chi connectivity index (χ1) is 12.6. The topological polar surface area (TPSA) is 54.0 Å². The minimum absolute atomic E-state index is 0.0561. The first-order valence-corrected chi connectivity index (χ1v) is 8.93. The van der Waals surface area contributed by atoms with Gasteiger partial charge in [-0.3, -0.25) is 4.79 Å². The number of Topliss-reactive ketones (excluding diaryl/α,β-unsaturated/α-hetero) is 1. The molecule has 0 aliphatic carbocycles. The summed E-state index contributed by atoms with van der Waals surface area (Å²) in [6.45, 7) is 2.60. The number of benzene rings is 2. The van der Waals surface area contributed by atoms with Crippen molar-refractivity contribution in [3.63, 3.8) is 0 Å². The number of ether oxygens (including phenoxy) is 4. The Hall–Kier alpha value is -2.47. The third-order valence-corrected chi connectivity index (χ3v) is 4.47. The van der Waals surface area contributed by atoms with Gasteiger partial charge in [-0.1, -0.05) is 15.9 Å². The molecule has 0 atom stereocenters. The number of ketones is 1. The van der Waals surface area contributed by atoms with Gasteiger partial charge in [0.15, 0.2) is 17.3 Å². The minimum atomic E-state index is -0.0561. The predicted octanol–water partition coefficient (Wildman–Crippen LogP) is 4.52. The monoisotopic (exact) mass is 418 g/mol. The van der Waals surface area contributed by atoms with Crippen molar-refractivity contribution in [3.8, 4) is 23.0 Å². The molecule has 0 unspecified atom stereocenters. The van der Waals surface area contributed by atoms with Gasteiger partial charge in [-0.25, -0.2) is 0 Å². The molecule has 0 aromatic heterocycles. The molecule has 6 heteroatoms. The van der Waals surface area contributed by atoms with Crippen molar-refractivity contribution >= 4 is 27.8 Å². The molecule has 26 heavy (non-hydrogen) atoms. The zero-order chi connectivity index (χ0) is 18.7. The summed E-state index contributed by atoms with van der Waals surface area (Å²) in [6.07, 6.45) is 1.78. The van der Waals surface area contributed by atoms with Crippen LogP contribution in [0.15, 0.2) is 40.4 Å². The fourth-order valence-corrected chi connectivity index (χ4v) is 3.14. The molecule has 1 heterocycles. The lowest BCUT2D eigenvalue weighted by Gasteiger charge is -2.19. The van der Waals surface area contributed by atoms with E-state index in [4.69, 9.17) is 18.9 Å². The number of rotatable bonds is 5. The second-order valence-electron chi connectivity index (χ2n) is 5.62. The van der Waals surface area contributed by atoms with Gasteiger partial charge in [0, 0.05) is 10.0 Å². The van der Waals surface area contributed by atoms with Gasteiger partial charge >= 0.3 is 0 Å². The van der Waals surface area contributed by atoms with Crippen molar-refractivity contribution in [1.82, 2.24) is 0 Å². The molecule has 5 nitrogen and oxygen atoms in total. The SMILES string of the molecule is CCOc1c(OC)cc(/C=C2/COc3ccc(Br)cc3C2=O)cc1OC. The van der Waals surface area contributed by atoms with Crippen LogP contribution < -0.4 is 18.9 Å². The maximum Gasteiger partial charge on any atom is 0.203 e. The Labute approximate surface area is 160 Å². The van der Waals surface area contributed by atoms with E-state index in [0.717, 1.165) is 10.0 Å². The van der Waals surface area contributed by atoms with E-state index in [-0.39, 0.29) is 12.4 Å². The molecule has 0 N–H and O–H groups in total. The van der Waals surface area contributed by atoms with Crippen molar-refractivity contribution in [1.29, 1.82) is 0 Å². The fraction of sp³-hybridized carbons (Fsp3) is 0.250. The maximum atomic E-state index is 12.8. The van der Waals surface area contributed by atoms with Crippen molar-refractivity contribution in [2.24, 2.45) is 0 Å². The van der Waals surface area contributed by atoms with E-state index in [2.05, 4.69) is 15.9 Å². The average Bonchev–Trinajstić information content (AvgIpc) is 2.65. The zero-order valence-electron chi connectivity index (χ0n) is 14.8. The molecule has 0 saturated heterocycles. The summed E-state index contributed by atoms with van der Waals surface area (Å²) < 4.78 is 23.0. The molecule has 2 aromatic rings. The summed E-state index contributed by atoms with van der Waals surface area (Å²) in [5.74, 6) is 2.17. The summed E-state index contributed by atoms with van der Waals surface area (Å²) in [4.78, 5) is 12.8. The second-order valence-corrected chi connectivity index (χ2v) is 6.53. The first kappa shape index (κ1) is 18.3. The number of carbonyl (C=O) groups is 1. The van der Waals surface area contributed by atoms with Crippen LogP contribution in [0.25, 0.3) is 6.08 Å². The molecule has 1 aliphatic rings. The van der Waals surface area contributed by atoms with Crippen LogP contribution in [0.2, 0.25) is 0 Å². The molecular weight excluding hydrogens is 400 g/mol. The van der Waals surface area contributed by atoms with Crippen molar-refractivity contribution in [3.05, 3.63) is 51.5 Å². The highest BCUT2D eigenvalue weighted by Gasteiger charge is 2.24.